The Kier molecular flexibility index (Phi) is 5.46. The van der Waals surface area contributed by atoms with Gasteiger partial charge in [0.1, 0.15) is 23.4 Å². The van der Waals surface area contributed by atoms with Crippen molar-refractivity contribution < 1.29 is 13.9 Å². The Morgan fingerprint density at radius 1 is 1.06 bits per heavy atom. The number of anilines is 2. The molecule has 1 amide bonds. The van der Waals surface area contributed by atoms with Crippen LogP contribution in [0.2, 0.25) is 0 Å². The minimum Gasteiger partial charge on any atom is -0.494 e. The van der Waals surface area contributed by atoms with Crippen LogP contribution in [0, 0.1) is 0 Å². The summed E-state index contributed by atoms with van der Waals surface area (Å²) in [6.07, 6.45) is 1.39. The Bertz CT molecular complexity index is 1750. The fourth-order valence-corrected chi connectivity index (χ4v) is 5.12. The summed E-state index contributed by atoms with van der Waals surface area (Å²) < 4.78 is 13.5. The lowest BCUT2D eigenvalue weighted by molar-refractivity contribution is -0.118. The predicted octanol–water partition coefficient (Wildman–Crippen LogP) is 5.52. The second-order valence-corrected chi connectivity index (χ2v) is 9.08. The second kappa shape index (κ2) is 8.94. The highest BCUT2D eigenvalue weighted by atomic mass is 32.1. The lowest BCUT2D eigenvalue weighted by atomic mass is 10.2. The number of furan rings is 1. The lowest BCUT2D eigenvalue weighted by Gasteiger charge is -2.20. The highest BCUT2D eigenvalue weighted by Gasteiger charge is 2.24. The van der Waals surface area contributed by atoms with E-state index in [1.165, 1.54) is 27.1 Å². The number of ether oxygens (including phenoxy) is 1. The van der Waals surface area contributed by atoms with Gasteiger partial charge in [0.25, 0.3) is 11.5 Å². The number of hydrogen-bond acceptors (Lipinski definition) is 7. The molecule has 0 aliphatic carbocycles. The number of amides is 1. The Labute approximate surface area is 209 Å². The van der Waals surface area contributed by atoms with Crippen LogP contribution in [0.4, 0.5) is 10.8 Å². The number of aromatic nitrogens is 3. The van der Waals surface area contributed by atoms with Gasteiger partial charge < -0.3 is 9.15 Å². The molecular weight excluding hydrogens is 476 g/mol. The van der Waals surface area contributed by atoms with Crippen molar-refractivity contribution in [1.82, 2.24) is 14.5 Å². The molecule has 36 heavy (non-hydrogen) atoms. The molecule has 0 atom stereocenters. The summed E-state index contributed by atoms with van der Waals surface area (Å²) in [4.78, 5) is 37.6. The number of fused-ring (bicyclic) bond motifs is 4. The van der Waals surface area contributed by atoms with Gasteiger partial charge in [-0.1, -0.05) is 35.6 Å². The average Bonchev–Trinajstić information content (AvgIpc) is 3.49. The third-order valence-electron chi connectivity index (χ3n) is 5.79. The zero-order chi connectivity index (χ0) is 24.6. The van der Waals surface area contributed by atoms with Crippen molar-refractivity contribution in [3.8, 4) is 5.75 Å². The molecule has 0 unspecified atom stereocenters. The van der Waals surface area contributed by atoms with Gasteiger partial charge in [-0.3, -0.25) is 19.1 Å². The second-order valence-electron chi connectivity index (χ2n) is 8.07. The summed E-state index contributed by atoms with van der Waals surface area (Å²) in [7, 11) is 0. The molecule has 0 saturated heterocycles. The molecule has 0 N–H and O–H groups in total. The quantitative estimate of drug-likeness (QED) is 0.302. The van der Waals surface area contributed by atoms with Crippen LogP contribution in [0.5, 0.6) is 5.75 Å². The van der Waals surface area contributed by atoms with Crippen LogP contribution in [-0.2, 0) is 11.3 Å². The van der Waals surface area contributed by atoms with E-state index in [9.17, 15) is 9.59 Å². The number of nitrogens with zero attached hydrogens (tertiary/aromatic N) is 4. The Hall–Kier alpha value is -4.50. The van der Waals surface area contributed by atoms with Crippen molar-refractivity contribution in [3.63, 3.8) is 0 Å². The van der Waals surface area contributed by atoms with Gasteiger partial charge in [0.05, 0.1) is 28.8 Å². The topological polar surface area (TPSA) is 90.5 Å². The van der Waals surface area contributed by atoms with Gasteiger partial charge in [-0.15, -0.1) is 0 Å². The number of carbonyl (C=O) groups excluding carboxylic acids is 1. The zero-order valence-electron chi connectivity index (χ0n) is 19.2. The smallest absolute Gasteiger partial charge is 0.297 e. The van der Waals surface area contributed by atoms with E-state index < -0.39 is 5.56 Å². The first-order valence-corrected chi connectivity index (χ1v) is 12.2. The molecule has 0 radical (unpaired) electrons. The van der Waals surface area contributed by atoms with Gasteiger partial charge in [-0.25, -0.2) is 9.97 Å². The van der Waals surface area contributed by atoms with Crippen molar-refractivity contribution in [1.29, 1.82) is 0 Å². The highest BCUT2D eigenvalue weighted by Crippen LogP contribution is 2.34. The molecule has 0 fully saturated rings. The third-order valence-corrected chi connectivity index (χ3v) is 6.81. The van der Waals surface area contributed by atoms with Crippen LogP contribution >= 0.6 is 11.3 Å². The van der Waals surface area contributed by atoms with E-state index >= 15 is 0 Å². The van der Waals surface area contributed by atoms with E-state index in [1.54, 1.807) is 30.3 Å². The van der Waals surface area contributed by atoms with Crippen molar-refractivity contribution >= 4 is 60.3 Å². The number of benzene rings is 3. The van der Waals surface area contributed by atoms with Crippen LogP contribution in [-0.4, -0.2) is 27.0 Å². The molecule has 178 valence electrons. The maximum absolute atomic E-state index is 13.7. The van der Waals surface area contributed by atoms with Gasteiger partial charge in [-0.05, 0) is 55.5 Å². The standard InChI is InChI=1S/C27H20N4O4S/c1-2-34-18-13-11-17(12-14-18)31(27-29-20-8-4-6-10-22(20)36-27)23(32)15-30-16-28-24-19-7-3-5-9-21(19)35-25(24)26(30)33/h3-14,16H,2,15H2,1H3. The monoisotopic (exact) mass is 496 g/mol. The molecule has 3 heterocycles. The predicted molar refractivity (Wildman–Crippen MR) is 140 cm³/mol. The van der Waals surface area contributed by atoms with E-state index in [0.717, 1.165) is 15.6 Å². The van der Waals surface area contributed by atoms with Crippen molar-refractivity contribution in [2.24, 2.45) is 0 Å². The number of hydrogen-bond donors (Lipinski definition) is 0. The Morgan fingerprint density at radius 2 is 1.83 bits per heavy atom. The van der Waals surface area contributed by atoms with Crippen molar-refractivity contribution in [3.05, 3.63) is 89.5 Å². The molecule has 6 aromatic rings. The molecule has 0 saturated carbocycles. The summed E-state index contributed by atoms with van der Waals surface area (Å²) in [5.41, 5.74) is 2.18. The molecule has 0 bridgehead atoms. The molecular formula is C27H20N4O4S. The summed E-state index contributed by atoms with van der Waals surface area (Å²) in [5, 5.41) is 1.27. The summed E-state index contributed by atoms with van der Waals surface area (Å²) in [6, 6.07) is 22.3. The van der Waals surface area contributed by atoms with Gasteiger partial charge >= 0.3 is 0 Å². The molecule has 3 aromatic carbocycles. The summed E-state index contributed by atoms with van der Waals surface area (Å²) in [5.74, 6) is 0.367. The van der Waals surface area contributed by atoms with E-state index in [-0.39, 0.29) is 18.0 Å². The van der Waals surface area contributed by atoms with Gasteiger partial charge in [0.2, 0.25) is 5.58 Å². The van der Waals surface area contributed by atoms with Crippen molar-refractivity contribution in [2.45, 2.75) is 13.5 Å². The Balaban J connectivity index is 1.41. The number of thiazole rings is 1. The minimum absolute atomic E-state index is 0.124. The first-order valence-electron chi connectivity index (χ1n) is 11.4. The fraction of sp³-hybridized carbons (Fsp3) is 0.111. The van der Waals surface area contributed by atoms with Crippen LogP contribution in [0.1, 0.15) is 6.92 Å². The van der Waals surface area contributed by atoms with Crippen LogP contribution in [0.3, 0.4) is 0 Å². The SMILES string of the molecule is CCOc1ccc(N(C(=O)Cn2cnc3c(oc4ccccc43)c2=O)c2nc3ccccc3s2)cc1. The Morgan fingerprint density at radius 3 is 2.64 bits per heavy atom. The maximum Gasteiger partial charge on any atom is 0.297 e. The number of carbonyl (C=O) groups is 1. The minimum atomic E-state index is -0.416. The average molecular weight is 497 g/mol. The van der Waals surface area contributed by atoms with Gasteiger partial charge in [0.15, 0.2) is 5.13 Å². The van der Waals surface area contributed by atoms with E-state index in [0.29, 0.717) is 34.3 Å². The molecule has 0 aliphatic heterocycles. The van der Waals surface area contributed by atoms with Gasteiger partial charge in [0, 0.05) is 5.39 Å². The first kappa shape index (κ1) is 22.0. The summed E-state index contributed by atoms with van der Waals surface area (Å²) >= 11 is 1.40. The molecule has 0 spiro atoms. The summed E-state index contributed by atoms with van der Waals surface area (Å²) in [6.45, 7) is 2.22. The molecule has 8 nitrogen and oxygen atoms in total. The van der Waals surface area contributed by atoms with Gasteiger partial charge in [-0.2, -0.15) is 0 Å². The van der Waals surface area contributed by atoms with E-state index in [1.807, 2.05) is 49.4 Å². The van der Waals surface area contributed by atoms with E-state index in [4.69, 9.17) is 9.15 Å². The maximum atomic E-state index is 13.7. The highest BCUT2D eigenvalue weighted by molar-refractivity contribution is 7.22. The largest absolute Gasteiger partial charge is 0.494 e. The number of rotatable bonds is 6. The zero-order valence-corrected chi connectivity index (χ0v) is 20.1. The molecule has 0 aliphatic rings. The fourth-order valence-electron chi connectivity index (χ4n) is 4.12. The molecule has 3 aromatic heterocycles. The number of para-hydroxylation sites is 2. The lowest BCUT2D eigenvalue weighted by Crippen LogP contribution is -2.33. The molecule has 6 rings (SSSR count). The first-order chi connectivity index (χ1) is 17.6. The normalized spacial score (nSPS) is 11.4. The van der Waals surface area contributed by atoms with Crippen LogP contribution in [0.25, 0.3) is 32.3 Å². The van der Waals surface area contributed by atoms with Crippen LogP contribution < -0.4 is 15.2 Å². The van der Waals surface area contributed by atoms with Crippen molar-refractivity contribution in [2.75, 3.05) is 11.5 Å². The van der Waals surface area contributed by atoms with E-state index in [2.05, 4.69) is 9.97 Å². The third kappa shape index (κ3) is 3.79. The molecule has 9 heteroatoms. The van der Waals surface area contributed by atoms with Crippen LogP contribution in [0.15, 0.2) is 88.3 Å².